The average molecular weight is 379 g/mol. The molecule has 0 atom stereocenters. The van der Waals surface area contributed by atoms with Crippen molar-refractivity contribution >= 4 is 0 Å². The molecule has 0 N–H and O–H groups in total. The molecular formula is C27H54. The van der Waals surface area contributed by atoms with E-state index in [9.17, 15) is 0 Å². The number of hydrogen-bond donors (Lipinski definition) is 0. The van der Waals surface area contributed by atoms with Crippen molar-refractivity contribution < 1.29 is 0 Å². The molecule has 0 bridgehead atoms. The molecule has 162 valence electrons. The molecule has 0 aliphatic carbocycles. The molecule has 0 amide bonds. The van der Waals surface area contributed by atoms with Gasteiger partial charge < -0.3 is 0 Å². The topological polar surface area (TPSA) is 0 Å². The quantitative estimate of drug-likeness (QED) is 0.313. The largest absolute Gasteiger partial charge is 0.0955 e. The molecule has 0 spiro atoms. The minimum Gasteiger partial charge on any atom is -0.0955 e. The fourth-order valence-electron chi connectivity index (χ4n) is 3.56. The lowest BCUT2D eigenvalue weighted by Crippen LogP contribution is -2.19. The lowest BCUT2D eigenvalue weighted by Gasteiger charge is -2.33. The van der Waals surface area contributed by atoms with Gasteiger partial charge in [0.05, 0.1) is 0 Å². The zero-order chi connectivity index (χ0) is 22.0. The van der Waals surface area contributed by atoms with Gasteiger partial charge in [-0.2, -0.15) is 0 Å². The molecule has 27 heavy (non-hydrogen) atoms. The van der Waals surface area contributed by atoms with Gasteiger partial charge in [-0.15, -0.1) is 0 Å². The molecule has 0 fully saturated rings. The highest BCUT2D eigenvalue weighted by molar-refractivity contribution is 5.46. The minimum absolute atomic E-state index is 0.466. The fraction of sp³-hybridized carbons (Fsp3) is 0.778. The van der Waals surface area contributed by atoms with Crippen molar-refractivity contribution in [3.63, 3.8) is 0 Å². The predicted molar refractivity (Wildman–Crippen MR) is 131 cm³/mol. The lowest BCUT2D eigenvalue weighted by molar-refractivity contribution is 0.233. The fourth-order valence-corrected chi connectivity index (χ4v) is 3.56. The Hall–Kier alpha value is -0.780. The molecule has 0 saturated carbocycles. The summed E-state index contributed by atoms with van der Waals surface area (Å²) in [7, 11) is 0. The maximum Gasteiger partial charge on any atom is -0.0218 e. The zero-order valence-corrected chi connectivity index (χ0v) is 21.1. The van der Waals surface area contributed by atoms with Crippen molar-refractivity contribution in [3.8, 4) is 0 Å². The van der Waals surface area contributed by atoms with Gasteiger partial charge in [-0.3, -0.25) is 0 Å². The third-order valence-corrected chi connectivity index (χ3v) is 5.95. The van der Waals surface area contributed by atoms with Crippen molar-refractivity contribution in [3.05, 3.63) is 35.5 Å². The Kier molecular flexibility index (Phi) is 21.3. The lowest BCUT2D eigenvalue weighted by atomic mass is 9.72. The van der Waals surface area contributed by atoms with Crippen LogP contribution in [0.3, 0.4) is 0 Å². The molecule has 0 aromatic heterocycles. The summed E-state index contributed by atoms with van der Waals surface area (Å²) < 4.78 is 0. The number of hydrogen-bond acceptors (Lipinski definition) is 0. The molecule has 0 heterocycles. The second-order valence-corrected chi connectivity index (χ2v) is 7.95. The summed E-state index contributed by atoms with van der Waals surface area (Å²) in [6.07, 6.45) is 9.97. The normalized spacial score (nSPS) is 11.7. The van der Waals surface area contributed by atoms with E-state index < -0.39 is 0 Å². The Morgan fingerprint density at radius 2 is 1.30 bits per heavy atom. The molecule has 0 saturated heterocycles. The molecule has 0 unspecified atom stereocenters. The van der Waals surface area contributed by atoms with Gasteiger partial charge in [-0.1, -0.05) is 119 Å². The molecule has 0 radical (unpaired) electrons. The van der Waals surface area contributed by atoms with Gasteiger partial charge in [0.15, 0.2) is 0 Å². The van der Waals surface area contributed by atoms with Crippen molar-refractivity contribution in [2.75, 3.05) is 0 Å². The van der Waals surface area contributed by atoms with Crippen LogP contribution in [0.15, 0.2) is 35.5 Å². The van der Waals surface area contributed by atoms with E-state index in [1.54, 1.807) is 0 Å². The SMILES string of the molecule is C=C(C)/C(C(=C)CC)=C(/C)CC(CC)(CC)CCC.CC.CCC(C)CC. The summed E-state index contributed by atoms with van der Waals surface area (Å²) in [6.45, 7) is 32.6. The third kappa shape index (κ3) is 13.1. The summed E-state index contributed by atoms with van der Waals surface area (Å²) in [5, 5.41) is 0. The smallest absolute Gasteiger partial charge is 0.0218 e. The predicted octanol–water partition coefficient (Wildman–Crippen LogP) is 10.3. The summed E-state index contributed by atoms with van der Waals surface area (Å²) in [4.78, 5) is 0. The van der Waals surface area contributed by atoms with Gasteiger partial charge in [0.2, 0.25) is 0 Å². The summed E-state index contributed by atoms with van der Waals surface area (Å²) in [5.41, 5.74) is 5.69. The van der Waals surface area contributed by atoms with Crippen molar-refractivity contribution in [2.45, 2.75) is 128 Å². The van der Waals surface area contributed by atoms with Crippen LogP contribution in [0.5, 0.6) is 0 Å². The van der Waals surface area contributed by atoms with Gasteiger partial charge in [0.25, 0.3) is 0 Å². The van der Waals surface area contributed by atoms with Crippen LogP contribution in [0.25, 0.3) is 0 Å². The van der Waals surface area contributed by atoms with Crippen molar-refractivity contribution in [2.24, 2.45) is 11.3 Å². The highest BCUT2D eigenvalue weighted by Crippen LogP contribution is 2.40. The molecule has 0 aromatic rings. The second kappa shape index (κ2) is 18.6. The van der Waals surface area contributed by atoms with Crippen molar-refractivity contribution in [1.29, 1.82) is 0 Å². The van der Waals surface area contributed by atoms with Gasteiger partial charge in [0, 0.05) is 0 Å². The van der Waals surface area contributed by atoms with E-state index >= 15 is 0 Å². The van der Waals surface area contributed by atoms with Gasteiger partial charge in [0.1, 0.15) is 0 Å². The first-order valence-electron chi connectivity index (χ1n) is 11.7. The maximum absolute atomic E-state index is 4.22. The van der Waals surface area contributed by atoms with Crippen LogP contribution in [0.4, 0.5) is 0 Å². The van der Waals surface area contributed by atoms with E-state index in [0.717, 1.165) is 12.3 Å². The highest BCUT2D eigenvalue weighted by atomic mass is 14.3. The average Bonchev–Trinajstić information content (AvgIpc) is 2.68. The Balaban J connectivity index is -0.000000607. The molecule has 0 heteroatoms. The molecule has 0 aromatic carbocycles. The van der Waals surface area contributed by atoms with Gasteiger partial charge >= 0.3 is 0 Å². The van der Waals surface area contributed by atoms with Crippen LogP contribution in [-0.4, -0.2) is 0 Å². The van der Waals surface area contributed by atoms with E-state index in [-0.39, 0.29) is 0 Å². The van der Waals surface area contributed by atoms with E-state index in [1.165, 1.54) is 67.2 Å². The number of allylic oxidation sites excluding steroid dienone is 4. The Labute approximate surface area is 174 Å². The van der Waals surface area contributed by atoms with E-state index in [0.29, 0.717) is 5.41 Å². The zero-order valence-electron chi connectivity index (χ0n) is 21.1. The van der Waals surface area contributed by atoms with E-state index in [1.807, 2.05) is 13.8 Å². The molecule has 0 rings (SSSR count). The van der Waals surface area contributed by atoms with Crippen LogP contribution < -0.4 is 0 Å². The highest BCUT2D eigenvalue weighted by Gasteiger charge is 2.26. The van der Waals surface area contributed by atoms with Crippen LogP contribution in [0.2, 0.25) is 0 Å². The first-order valence-corrected chi connectivity index (χ1v) is 11.7. The second-order valence-electron chi connectivity index (χ2n) is 7.95. The van der Waals surface area contributed by atoms with Crippen LogP contribution in [0, 0.1) is 11.3 Å². The third-order valence-electron chi connectivity index (χ3n) is 5.95. The molecule has 0 aliphatic rings. The maximum atomic E-state index is 4.22. The van der Waals surface area contributed by atoms with E-state index in [4.69, 9.17) is 0 Å². The van der Waals surface area contributed by atoms with Crippen LogP contribution in [0.1, 0.15) is 128 Å². The Bertz CT molecular complexity index is 400. The first kappa shape index (κ1) is 30.9. The van der Waals surface area contributed by atoms with Crippen LogP contribution in [-0.2, 0) is 0 Å². The molecular weight excluding hydrogens is 324 g/mol. The standard InChI is InChI=1S/C19H34.C6H14.C2H6/c1-9-13-19(11-3,12-4)14-17(8)18(15(5)6)16(7)10-2;1-4-6(3)5-2;1-2/h5,7,9-14H2,1-4,6,8H3;6H,4-5H2,1-3H3;1-2H3/b18-17+;;. The first-order chi connectivity index (χ1) is 12.7. The summed E-state index contributed by atoms with van der Waals surface area (Å²) in [5.74, 6) is 0.935. The number of rotatable bonds is 11. The summed E-state index contributed by atoms with van der Waals surface area (Å²) >= 11 is 0. The molecule has 0 nitrogen and oxygen atoms in total. The minimum atomic E-state index is 0.466. The monoisotopic (exact) mass is 378 g/mol. The Morgan fingerprint density at radius 1 is 0.852 bits per heavy atom. The molecule has 0 aliphatic heterocycles. The van der Waals surface area contributed by atoms with Gasteiger partial charge in [-0.25, -0.2) is 0 Å². The van der Waals surface area contributed by atoms with Crippen molar-refractivity contribution in [1.82, 2.24) is 0 Å². The van der Waals surface area contributed by atoms with Crippen LogP contribution >= 0.6 is 0 Å². The van der Waals surface area contributed by atoms with E-state index in [2.05, 4.69) is 75.5 Å². The Morgan fingerprint density at radius 3 is 1.52 bits per heavy atom. The van der Waals surface area contributed by atoms with Gasteiger partial charge in [-0.05, 0) is 55.6 Å². The summed E-state index contributed by atoms with van der Waals surface area (Å²) in [6, 6.07) is 0.